The fourth-order valence-corrected chi connectivity index (χ4v) is 3.89. The first-order valence-electron chi connectivity index (χ1n) is 9.12. The van der Waals surface area contributed by atoms with Crippen LogP contribution in [0.4, 0.5) is 10.1 Å². The summed E-state index contributed by atoms with van der Waals surface area (Å²) in [5.41, 5.74) is 1.21. The van der Waals surface area contributed by atoms with Crippen LogP contribution in [0.2, 0.25) is 10.0 Å². The molecule has 0 radical (unpaired) electrons. The highest BCUT2D eigenvalue weighted by Gasteiger charge is 2.30. The summed E-state index contributed by atoms with van der Waals surface area (Å²) in [6.07, 6.45) is 2.00. The number of carbonyl (C=O) groups is 1. The molecule has 28 heavy (non-hydrogen) atoms. The van der Waals surface area contributed by atoms with E-state index in [-0.39, 0.29) is 37.1 Å². The Kier molecular flexibility index (Phi) is 6.90. The molecule has 1 saturated heterocycles. The van der Waals surface area contributed by atoms with Gasteiger partial charge in [0.15, 0.2) is 0 Å². The number of anilines is 1. The summed E-state index contributed by atoms with van der Waals surface area (Å²) < 4.78 is 14.2. The third-order valence-electron chi connectivity index (χ3n) is 4.92. The summed E-state index contributed by atoms with van der Waals surface area (Å²) in [7, 11) is 0. The Hall–Kier alpha value is -2.13. The van der Waals surface area contributed by atoms with Gasteiger partial charge in [0, 0.05) is 12.6 Å². The van der Waals surface area contributed by atoms with Crippen LogP contribution in [0.15, 0.2) is 42.5 Å². The van der Waals surface area contributed by atoms with Crippen molar-refractivity contribution in [1.82, 2.24) is 4.90 Å². The van der Waals surface area contributed by atoms with E-state index < -0.39 is 5.82 Å². The molecular formula is C21H20Cl2FN3O. The molecule has 1 atom stereocenters. The first-order valence-corrected chi connectivity index (χ1v) is 9.87. The maximum Gasteiger partial charge on any atom is 0.241 e. The van der Waals surface area contributed by atoms with E-state index in [2.05, 4.69) is 4.90 Å². The number of rotatable bonds is 6. The molecule has 1 amide bonds. The van der Waals surface area contributed by atoms with E-state index in [9.17, 15) is 9.18 Å². The van der Waals surface area contributed by atoms with Gasteiger partial charge in [0.2, 0.25) is 5.91 Å². The summed E-state index contributed by atoms with van der Waals surface area (Å²) in [4.78, 5) is 16.5. The zero-order valence-electron chi connectivity index (χ0n) is 15.2. The first-order chi connectivity index (χ1) is 13.5. The molecule has 1 aliphatic heterocycles. The summed E-state index contributed by atoms with van der Waals surface area (Å²) >= 11 is 12.2. The molecule has 7 heteroatoms. The second-order valence-corrected chi connectivity index (χ2v) is 7.52. The first kappa shape index (κ1) is 20.6. The van der Waals surface area contributed by atoms with Crippen LogP contribution in [0.5, 0.6) is 0 Å². The molecule has 2 aromatic rings. The van der Waals surface area contributed by atoms with Gasteiger partial charge in [-0.3, -0.25) is 9.69 Å². The third kappa shape index (κ3) is 4.64. The fourth-order valence-electron chi connectivity index (χ4n) is 3.58. The van der Waals surface area contributed by atoms with Crippen LogP contribution in [-0.4, -0.2) is 30.4 Å². The van der Waals surface area contributed by atoms with Crippen molar-refractivity contribution in [2.75, 3.05) is 24.5 Å². The molecule has 1 unspecified atom stereocenters. The molecule has 0 aromatic heterocycles. The van der Waals surface area contributed by atoms with Crippen LogP contribution in [0.3, 0.4) is 0 Å². The van der Waals surface area contributed by atoms with Crippen molar-refractivity contribution in [1.29, 1.82) is 5.26 Å². The van der Waals surface area contributed by atoms with Crippen molar-refractivity contribution in [2.24, 2.45) is 0 Å². The lowest BCUT2D eigenvalue weighted by molar-refractivity contribution is -0.120. The van der Waals surface area contributed by atoms with Crippen LogP contribution in [-0.2, 0) is 4.79 Å². The number of amides is 1. The number of halogens is 3. The molecule has 0 bridgehead atoms. The molecule has 1 fully saturated rings. The molecule has 1 aliphatic rings. The van der Waals surface area contributed by atoms with Crippen molar-refractivity contribution >= 4 is 34.8 Å². The second-order valence-electron chi connectivity index (χ2n) is 6.71. The zero-order valence-corrected chi connectivity index (χ0v) is 16.8. The van der Waals surface area contributed by atoms with Crippen molar-refractivity contribution in [2.45, 2.75) is 25.3 Å². The molecule has 1 heterocycles. The summed E-state index contributed by atoms with van der Waals surface area (Å²) in [5, 5.41) is 9.90. The predicted molar refractivity (Wildman–Crippen MR) is 109 cm³/mol. The minimum atomic E-state index is -0.476. The average molecular weight is 420 g/mol. The van der Waals surface area contributed by atoms with Gasteiger partial charge in [-0.05, 0) is 49.2 Å². The normalized spacial score (nSPS) is 16.7. The largest absolute Gasteiger partial charge is 0.308 e. The van der Waals surface area contributed by atoms with Gasteiger partial charge >= 0.3 is 0 Å². The summed E-state index contributed by atoms with van der Waals surface area (Å²) in [6, 6.07) is 13.7. The summed E-state index contributed by atoms with van der Waals surface area (Å²) in [5.74, 6) is -0.705. The fraction of sp³-hybridized carbons (Fsp3) is 0.333. The Morgan fingerprint density at radius 2 is 2.04 bits per heavy atom. The van der Waals surface area contributed by atoms with Gasteiger partial charge in [0.25, 0.3) is 0 Å². The van der Waals surface area contributed by atoms with E-state index in [1.165, 1.54) is 11.0 Å². The smallest absolute Gasteiger partial charge is 0.241 e. The molecular weight excluding hydrogens is 400 g/mol. The monoisotopic (exact) mass is 419 g/mol. The highest BCUT2D eigenvalue weighted by molar-refractivity contribution is 6.42. The molecule has 0 aliphatic carbocycles. The quantitative estimate of drug-likeness (QED) is 0.644. The highest BCUT2D eigenvalue weighted by Crippen LogP contribution is 2.35. The van der Waals surface area contributed by atoms with E-state index in [1.807, 2.05) is 18.2 Å². The van der Waals surface area contributed by atoms with E-state index in [4.69, 9.17) is 28.5 Å². The minimum Gasteiger partial charge on any atom is -0.308 e. The Morgan fingerprint density at radius 3 is 2.75 bits per heavy atom. The second kappa shape index (κ2) is 9.38. The van der Waals surface area contributed by atoms with Crippen LogP contribution < -0.4 is 4.90 Å². The van der Waals surface area contributed by atoms with E-state index in [0.717, 1.165) is 24.9 Å². The van der Waals surface area contributed by atoms with Crippen molar-refractivity contribution in [3.8, 4) is 6.07 Å². The molecule has 3 rings (SSSR count). The Labute approximate surface area is 174 Å². The van der Waals surface area contributed by atoms with Crippen LogP contribution in [0.1, 0.15) is 30.9 Å². The lowest BCUT2D eigenvalue weighted by Gasteiger charge is -2.28. The Bertz CT molecular complexity index is 899. The molecule has 4 nitrogen and oxygen atoms in total. The lowest BCUT2D eigenvalue weighted by atomic mass is 10.0. The van der Waals surface area contributed by atoms with Crippen LogP contribution in [0.25, 0.3) is 0 Å². The topological polar surface area (TPSA) is 47.3 Å². The van der Waals surface area contributed by atoms with Crippen LogP contribution in [0, 0.1) is 17.1 Å². The van der Waals surface area contributed by atoms with Gasteiger partial charge in [0.05, 0.1) is 34.8 Å². The number of hydrogen-bond donors (Lipinski definition) is 0. The van der Waals surface area contributed by atoms with E-state index >= 15 is 0 Å². The van der Waals surface area contributed by atoms with Gasteiger partial charge in [0.1, 0.15) is 5.82 Å². The summed E-state index contributed by atoms with van der Waals surface area (Å²) in [6.45, 7) is 1.06. The predicted octanol–water partition coefficient (Wildman–Crippen LogP) is 5.22. The van der Waals surface area contributed by atoms with Crippen molar-refractivity contribution in [3.63, 3.8) is 0 Å². The number of nitriles is 1. The van der Waals surface area contributed by atoms with Crippen molar-refractivity contribution < 1.29 is 9.18 Å². The zero-order chi connectivity index (χ0) is 20.1. The van der Waals surface area contributed by atoms with Gasteiger partial charge in [-0.2, -0.15) is 5.26 Å². The van der Waals surface area contributed by atoms with E-state index in [1.54, 1.807) is 24.3 Å². The molecule has 2 aromatic carbocycles. The maximum absolute atomic E-state index is 14.2. The number of benzene rings is 2. The molecule has 0 saturated carbocycles. The van der Waals surface area contributed by atoms with E-state index in [0.29, 0.717) is 10.0 Å². The van der Waals surface area contributed by atoms with Gasteiger partial charge in [-0.25, -0.2) is 4.39 Å². The van der Waals surface area contributed by atoms with Gasteiger partial charge in [-0.1, -0.05) is 41.4 Å². The Balaban J connectivity index is 1.79. The molecule has 0 N–H and O–H groups in total. The number of nitrogens with zero attached hydrogens (tertiary/aromatic N) is 3. The highest BCUT2D eigenvalue weighted by atomic mass is 35.5. The standard InChI is InChI=1S/C21H20Cl2FN3O/c22-16-9-8-15(13-17(16)23)19-7-3-11-26(19)14-21(28)27(12-4-10-25)20-6-2-1-5-18(20)24/h1-2,5-6,8-9,13,19H,3-4,7,11-12,14H2. The number of likely N-dealkylation sites (tertiary alicyclic amines) is 1. The van der Waals surface area contributed by atoms with Gasteiger partial charge in [-0.15, -0.1) is 0 Å². The average Bonchev–Trinajstić information content (AvgIpc) is 3.13. The molecule has 146 valence electrons. The maximum atomic E-state index is 14.2. The lowest BCUT2D eigenvalue weighted by Crippen LogP contribution is -2.41. The minimum absolute atomic E-state index is 0.0529. The van der Waals surface area contributed by atoms with Gasteiger partial charge < -0.3 is 4.90 Å². The third-order valence-corrected chi connectivity index (χ3v) is 5.66. The SMILES string of the molecule is N#CCCN(C(=O)CN1CCCC1c1ccc(Cl)c(Cl)c1)c1ccccc1F. The number of para-hydroxylation sites is 1. The number of hydrogen-bond acceptors (Lipinski definition) is 3. The molecule has 0 spiro atoms. The Morgan fingerprint density at radius 1 is 1.25 bits per heavy atom. The van der Waals surface area contributed by atoms with Crippen LogP contribution >= 0.6 is 23.2 Å². The van der Waals surface area contributed by atoms with Crippen molar-refractivity contribution in [3.05, 3.63) is 63.9 Å². The number of carbonyl (C=O) groups excluding carboxylic acids is 1.